The Morgan fingerprint density at radius 1 is 1.00 bits per heavy atom. The van der Waals surface area contributed by atoms with E-state index in [1.807, 2.05) is 0 Å². The van der Waals surface area contributed by atoms with Crippen LogP contribution >= 0.6 is 34.8 Å². The normalized spacial score (nSPS) is 15.4. The average Bonchev–Trinajstić information content (AvgIpc) is 1.64. The lowest BCUT2D eigenvalue weighted by atomic mass is 10.5. The molecule has 0 bridgehead atoms. The van der Waals surface area contributed by atoms with Gasteiger partial charge in [0.25, 0.3) is 6.43 Å². The van der Waals surface area contributed by atoms with Gasteiger partial charge in [0.05, 0.1) is 0 Å². The molecule has 0 N–H and O–H groups in total. The van der Waals surface area contributed by atoms with E-state index in [0.29, 0.717) is 0 Å². The van der Waals surface area contributed by atoms with Gasteiger partial charge in [-0.05, 0) is 0 Å². The van der Waals surface area contributed by atoms with Gasteiger partial charge in [0, 0.05) is 0 Å². The van der Waals surface area contributed by atoms with Gasteiger partial charge in [-0.15, -0.1) is 34.8 Å². The lowest BCUT2D eigenvalue weighted by molar-refractivity contribution is 0.146. The molecule has 0 fully saturated rings. The molecule has 0 saturated carbocycles. The Labute approximate surface area is 60.7 Å². The van der Waals surface area contributed by atoms with E-state index in [9.17, 15) is 8.78 Å². The zero-order valence-corrected chi connectivity index (χ0v) is 5.89. The molecule has 0 aliphatic heterocycles. The Bertz CT molecular complexity index is 57.5. The summed E-state index contributed by atoms with van der Waals surface area (Å²) in [4.78, 5) is -1.20. The van der Waals surface area contributed by atoms with Gasteiger partial charge in [-0.2, -0.15) is 0 Å². The van der Waals surface area contributed by atoms with Gasteiger partial charge in [-0.1, -0.05) is 0 Å². The van der Waals surface area contributed by atoms with Gasteiger partial charge in [0.1, 0.15) is 10.2 Å². The van der Waals surface area contributed by atoms with Gasteiger partial charge in [0.15, 0.2) is 0 Å². The summed E-state index contributed by atoms with van der Waals surface area (Å²) in [5.74, 6) is 0. The first-order valence-corrected chi connectivity index (χ1v) is 3.07. The van der Waals surface area contributed by atoms with Crippen LogP contribution < -0.4 is 0 Å². The van der Waals surface area contributed by atoms with Crippen LogP contribution in [0.2, 0.25) is 0 Å². The fourth-order valence-corrected chi connectivity index (χ4v) is 0.330. The molecule has 0 radical (unpaired) electrons. The predicted octanol–water partition coefficient (Wildman–Crippen LogP) is 2.66. The van der Waals surface area contributed by atoms with Crippen molar-refractivity contribution in [3.8, 4) is 0 Å². The molecule has 50 valence electrons. The summed E-state index contributed by atoms with van der Waals surface area (Å²) in [5.41, 5.74) is 0. The van der Waals surface area contributed by atoms with Gasteiger partial charge in [-0.3, -0.25) is 0 Å². The molecule has 0 nitrogen and oxygen atoms in total. The van der Waals surface area contributed by atoms with Crippen molar-refractivity contribution in [1.82, 2.24) is 0 Å². The zero-order valence-electron chi connectivity index (χ0n) is 3.62. The highest BCUT2D eigenvalue weighted by Gasteiger charge is 2.23. The number of alkyl halides is 5. The molecule has 0 heterocycles. The second-order valence-corrected chi connectivity index (χ2v) is 2.78. The molecule has 1 atom stereocenters. The van der Waals surface area contributed by atoms with Crippen LogP contribution in [0.25, 0.3) is 0 Å². The molecular formula is C3H3Cl3F2. The maximum atomic E-state index is 11.4. The predicted molar refractivity (Wildman–Crippen MR) is 31.1 cm³/mol. The summed E-state index contributed by atoms with van der Waals surface area (Å²) in [6.45, 7) is 0. The van der Waals surface area contributed by atoms with Crippen LogP contribution in [-0.4, -0.2) is 16.6 Å². The molecule has 0 amide bonds. The van der Waals surface area contributed by atoms with Crippen LogP contribution in [-0.2, 0) is 0 Å². The van der Waals surface area contributed by atoms with Crippen molar-refractivity contribution in [3.63, 3.8) is 0 Å². The number of halogens is 5. The minimum absolute atomic E-state index is 1.20. The highest BCUT2D eigenvalue weighted by Crippen LogP contribution is 2.20. The molecular weight excluding hydrogens is 180 g/mol. The van der Waals surface area contributed by atoms with Crippen LogP contribution in [0.5, 0.6) is 0 Å². The maximum absolute atomic E-state index is 11.4. The molecule has 0 saturated heterocycles. The van der Waals surface area contributed by atoms with Crippen molar-refractivity contribution in [3.05, 3.63) is 0 Å². The van der Waals surface area contributed by atoms with Crippen molar-refractivity contribution >= 4 is 34.8 Å². The van der Waals surface area contributed by atoms with E-state index in [1.165, 1.54) is 0 Å². The molecule has 1 unspecified atom stereocenters. The third kappa shape index (κ3) is 2.90. The fourth-order valence-electron chi connectivity index (χ4n) is 0.110. The number of hydrogen-bond donors (Lipinski definition) is 0. The van der Waals surface area contributed by atoms with E-state index in [0.717, 1.165) is 0 Å². The van der Waals surface area contributed by atoms with E-state index >= 15 is 0 Å². The van der Waals surface area contributed by atoms with E-state index in [-0.39, 0.29) is 0 Å². The molecule has 8 heavy (non-hydrogen) atoms. The van der Waals surface area contributed by atoms with Gasteiger partial charge in [0.2, 0.25) is 0 Å². The van der Waals surface area contributed by atoms with Crippen LogP contribution in [0, 0.1) is 0 Å². The van der Waals surface area contributed by atoms with Crippen molar-refractivity contribution in [2.45, 2.75) is 16.6 Å². The first-order chi connectivity index (χ1) is 3.55. The highest BCUT2D eigenvalue weighted by atomic mass is 35.5. The van der Waals surface area contributed by atoms with Crippen molar-refractivity contribution in [1.29, 1.82) is 0 Å². The summed E-state index contributed by atoms with van der Waals surface area (Å²) in [7, 11) is 0. The quantitative estimate of drug-likeness (QED) is 0.578. The number of hydrogen-bond acceptors (Lipinski definition) is 0. The second kappa shape index (κ2) is 3.70. The van der Waals surface area contributed by atoms with Crippen molar-refractivity contribution < 1.29 is 8.78 Å². The standard InChI is InChI=1S/C3H3Cl3F2/c4-1(2(5)6)3(7)8/h1-3H. The molecule has 0 aliphatic rings. The Kier molecular flexibility index (Phi) is 4.04. The molecule has 0 spiro atoms. The summed E-state index contributed by atoms with van der Waals surface area (Å²) in [6, 6.07) is 0. The second-order valence-electron chi connectivity index (χ2n) is 1.11. The first-order valence-electron chi connectivity index (χ1n) is 1.76. The monoisotopic (exact) mass is 182 g/mol. The summed E-state index contributed by atoms with van der Waals surface area (Å²) in [5, 5.41) is -1.46. The fraction of sp³-hybridized carbons (Fsp3) is 1.00. The Balaban J connectivity index is 3.46. The van der Waals surface area contributed by atoms with Crippen LogP contribution in [0.3, 0.4) is 0 Å². The summed E-state index contributed by atoms with van der Waals surface area (Å²) < 4.78 is 22.8. The van der Waals surface area contributed by atoms with Gasteiger partial charge < -0.3 is 0 Å². The molecule has 0 aromatic heterocycles. The van der Waals surface area contributed by atoms with Crippen LogP contribution in [0.1, 0.15) is 0 Å². The SMILES string of the molecule is FC(F)C(Cl)C(Cl)Cl. The number of rotatable bonds is 2. The zero-order chi connectivity index (χ0) is 6.73. The Morgan fingerprint density at radius 3 is 1.38 bits per heavy atom. The molecule has 0 rings (SSSR count). The first kappa shape index (κ1) is 8.73. The van der Waals surface area contributed by atoms with Crippen molar-refractivity contribution in [2.24, 2.45) is 0 Å². The van der Waals surface area contributed by atoms with E-state index in [2.05, 4.69) is 0 Å². The average molecular weight is 183 g/mol. The Morgan fingerprint density at radius 2 is 1.38 bits per heavy atom. The van der Waals surface area contributed by atoms with E-state index in [4.69, 9.17) is 34.8 Å². The van der Waals surface area contributed by atoms with E-state index in [1.54, 1.807) is 0 Å². The van der Waals surface area contributed by atoms with Gasteiger partial charge in [-0.25, -0.2) is 8.78 Å². The van der Waals surface area contributed by atoms with Crippen LogP contribution in [0.4, 0.5) is 8.78 Å². The maximum Gasteiger partial charge on any atom is 0.257 e. The third-order valence-corrected chi connectivity index (χ3v) is 1.72. The Hall–Kier alpha value is 0.730. The third-order valence-electron chi connectivity index (χ3n) is 0.481. The van der Waals surface area contributed by atoms with E-state index < -0.39 is 16.6 Å². The van der Waals surface area contributed by atoms with Gasteiger partial charge >= 0.3 is 0 Å². The smallest absolute Gasteiger partial charge is 0.209 e. The minimum Gasteiger partial charge on any atom is -0.209 e. The minimum atomic E-state index is -2.66. The summed E-state index contributed by atoms with van der Waals surface area (Å²) in [6.07, 6.45) is -2.66. The lowest BCUT2D eigenvalue weighted by Crippen LogP contribution is -2.17. The molecule has 5 heteroatoms. The largest absolute Gasteiger partial charge is 0.257 e. The topological polar surface area (TPSA) is 0 Å². The highest BCUT2D eigenvalue weighted by molar-refractivity contribution is 6.48. The van der Waals surface area contributed by atoms with Crippen molar-refractivity contribution in [2.75, 3.05) is 0 Å². The lowest BCUT2D eigenvalue weighted by Gasteiger charge is -2.06. The summed E-state index contributed by atoms with van der Waals surface area (Å²) >= 11 is 14.9. The van der Waals surface area contributed by atoms with Crippen LogP contribution in [0.15, 0.2) is 0 Å². The molecule has 0 aromatic carbocycles. The molecule has 0 aromatic rings. The molecule has 0 aliphatic carbocycles.